The number of aliphatic hydroxyl groups is 1. The third-order valence-corrected chi connectivity index (χ3v) is 3.56. The molecule has 3 aromatic rings. The maximum absolute atomic E-state index is 12.4. The highest BCUT2D eigenvalue weighted by Crippen LogP contribution is 2.16. The summed E-state index contributed by atoms with van der Waals surface area (Å²) < 4.78 is 11.6. The molecule has 3 rings (SSSR count). The van der Waals surface area contributed by atoms with E-state index in [0.29, 0.717) is 11.3 Å². The van der Waals surface area contributed by atoms with Gasteiger partial charge in [0.2, 0.25) is 0 Å². The highest BCUT2D eigenvalue weighted by atomic mass is 16.6. The number of hydrogen-bond donors (Lipinski definition) is 1. The maximum atomic E-state index is 12.4. The molecule has 1 N–H and O–H groups in total. The lowest BCUT2D eigenvalue weighted by atomic mass is 10.2. The van der Waals surface area contributed by atoms with Gasteiger partial charge in [0.1, 0.15) is 12.4 Å². The molecule has 1 atom stereocenters. The van der Waals surface area contributed by atoms with Gasteiger partial charge in [0, 0.05) is 12.1 Å². The van der Waals surface area contributed by atoms with E-state index >= 15 is 0 Å². The van der Waals surface area contributed by atoms with Crippen molar-refractivity contribution in [2.75, 3.05) is 6.61 Å². The van der Waals surface area contributed by atoms with Gasteiger partial charge in [-0.15, -0.1) is 0 Å². The normalized spacial score (nSPS) is 12.4. The second kappa shape index (κ2) is 7.24. The van der Waals surface area contributed by atoms with E-state index in [1.54, 1.807) is 12.1 Å². The lowest BCUT2D eigenvalue weighted by molar-refractivity contribution is -0.384. The van der Waals surface area contributed by atoms with Crippen LogP contribution in [0.25, 0.3) is 10.9 Å². The zero-order chi connectivity index (χ0) is 17.8. The van der Waals surface area contributed by atoms with Crippen molar-refractivity contribution in [2.24, 2.45) is 0 Å². The Kier molecular flexibility index (Phi) is 4.87. The highest BCUT2D eigenvalue weighted by molar-refractivity contribution is 5.79. The monoisotopic (exact) mass is 345 g/mol. The van der Waals surface area contributed by atoms with Gasteiger partial charge in [-0.05, 0) is 18.2 Å². The summed E-state index contributed by atoms with van der Waals surface area (Å²) in [6, 6.07) is 7.37. The van der Waals surface area contributed by atoms with Crippen molar-refractivity contribution in [3.63, 3.8) is 0 Å². The van der Waals surface area contributed by atoms with E-state index in [-0.39, 0.29) is 30.8 Å². The van der Waals surface area contributed by atoms with E-state index in [0.717, 1.165) is 0 Å². The SMILES string of the molecule is O=c1c2cc([N+](=O)[O-])ccc2ncn1C[C@@H](O)COCc1ccco1. The van der Waals surface area contributed by atoms with Crippen molar-refractivity contribution in [3.05, 3.63) is 69.2 Å². The van der Waals surface area contributed by atoms with Gasteiger partial charge >= 0.3 is 0 Å². The van der Waals surface area contributed by atoms with E-state index in [1.807, 2.05) is 0 Å². The van der Waals surface area contributed by atoms with Crippen molar-refractivity contribution < 1.29 is 19.2 Å². The molecule has 0 aliphatic heterocycles. The zero-order valence-corrected chi connectivity index (χ0v) is 13.1. The van der Waals surface area contributed by atoms with Crippen LogP contribution in [-0.2, 0) is 17.9 Å². The molecule has 1 aromatic carbocycles. The van der Waals surface area contributed by atoms with Gasteiger partial charge in [0.05, 0.1) is 47.7 Å². The number of aromatic nitrogens is 2. The molecular formula is C16H15N3O6. The fourth-order valence-electron chi connectivity index (χ4n) is 2.36. The van der Waals surface area contributed by atoms with Gasteiger partial charge in [-0.3, -0.25) is 19.5 Å². The number of nitro benzene ring substituents is 1. The average Bonchev–Trinajstić information content (AvgIpc) is 3.10. The quantitative estimate of drug-likeness (QED) is 0.508. The van der Waals surface area contributed by atoms with E-state index < -0.39 is 16.6 Å². The van der Waals surface area contributed by atoms with Gasteiger partial charge in [-0.1, -0.05) is 0 Å². The van der Waals surface area contributed by atoms with Gasteiger partial charge in [-0.2, -0.15) is 0 Å². The Bertz CT molecular complexity index is 935. The molecule has 0 bridgehead atoms. The molecule has 0 saturated carbocycles. The topological polar surface area (TPSA) is 121 Å². The maximum Gasteiger partial charge on any atom is 0.270 e. The van der Waals surface area contributed by atoms with Crippen LogP contribution >= 0.6 is 0 Å². The van der Waals surface area contributed by atoms with Crippen LogP contribution in [0.5, 0.6) is 0 Å². The van der Waals surface area contributed by atoms with Gasteiger partial charge < -0.3 is 14.3 Å². The number of aliphatic hydroxyl groups excluding tert-OH is 1. The number of benzene rings is 1. The number of nitrogens with zero attached hydrogens (tertiary/aromatic N) is 3. The lowest BCUT2D eigenvalue weighted by Crippen LogP contribution is -2.29. The molecule has 0 radical (unpaired) electrons. The van der Waals surface area contributed by atoms with Gasteiger partial charge in [0.15, 0.2) is 0 Å². The molecule has 0 fully saturated rings. The molecule has 0 aliphatic rings. The number of non-ortho nitro benzene ring substituents is 1. The summed E-state index contributed by atoms with van der Waals surface area (Å²) in [5.74, 6) is 0.629. The molecule has 0 spiro atoms. The first kappa shape index (κ1) is 16.8. The molecule has 0 unspecified atom stereocenters. The molecule has 9 nitrogen and oxygen atoms in total. The Balaban J connectivity index is 1.71. The second-order valence-corrected chi connectivity index (χ2v) is 5.41. The number of furan rings is 1. The Labute approximate surface area is 141 Å². The van der Waals surface area contributed by atoms with Crippen LogP contribution in [0.2, 0.25) is 0 Å². The third kappa shape index (κ3) is 3.90. The number of nitro groups is 1. The third-order valence-electron chi connectivity index (χ3n) is 3.56. The minimum Gasteiger partial charge on any atom is -0.467 e. The number of fused-ring (bicyclic) bond motifs is 1. The molecule has 0 aliphatic carbocycles. The fourth-order valence-corrected chi connectivity index (χ4v) is 2.36. The van der Waals surface area contributed by atoms with Crippen molar-refractivity contribution in [1.29, 1.82) is 0 Å². The fraction of sp³-hybridized carbons (Fsp3) is 0.250. The summed E-state index contributed by atoms with van der Waals surface area (Å²) in [6.45, 7) is 0.170. The van der Waals surface area contributed by atoms with Crippen LogP contribution in [-0.4, -0.2) is 32.3 Å². The van der Waals surface area contributed by atoms with E-state index in [4.69, 9.17) is 9.15 Å². The first-order valence-electron chi connectivity index (χ1n) is 7.46. The molecule has 130 valence electrons. The summed E-state index contributed by atoms with van der Waals surface area (Å²) in [5.41, 5.74) is -0.291. The predicted molar refractivity (Wildman–Crippen MR) is 87.0 cm³/mol. The highest BCUT2D eigenvalue weighted by Gasteiger charge is 2.13. The second-order valence-electron chi connectivity index (χ2n) is 5.41. The van der Waals surface area contributed by atoms with Gasteiger partial charge in [0.25, 0.3) is 11.2 Å². The van der Waals surface area contributed by atoms with Crippen LogP contribution in [0.1, 0.15) is 5.76 Å². The van der Waals surface area contributed by atoms with Crippen molar-refractivity contribution in [2.45, 2.75) is 19.3 Å². The standard InChI is InChI=1S/C16H15N3O6/c20-12(8-24-9-13-2-1-5-25-13)7-18-10-17-15-4-3-11(19(22)23)6-14(15)16(18)21/h1-6,10,12,20H,7-9H2/t12-/m1/s1. The summed E-state index contributed by atoms with van der Waals surface area (Å²) in [7, 11) is 0. The average molecular weight is 345 g/mol. The molecule has 0 saturated heterocycles. The van der Waals surface area contributed by atoms with E-state index in [1.165, 1.54) is 35.4 Å². The summed E-state index contributed by atoms with van der Waals surface area (Å²) in [4.78, 5) is 26.8. The molecular weight excluding hydrogens is 330 g/mol. The predicted octanol–water partition coefficient (Wildman–Crippen LogP) is 1.48. The lowest BCUT2D eigenvalue weighted by Gasteiger charge is -2.12. The van der Waals surface area contributed by atoms with Crippen LogP contribution in [0.3, 0.4) is 0 Å². The first-order valence-corrected chi connectivity index (χ1v) is 7.46. The van der Waals surface area contributed by atoms with Crippen LogP contribution in [0.4, 0.5) is 5.69 Å². The van der Waals surface area contributed by atoms with Crippen LogP contribution < -0.4 is 5.56 Å². The summed E-state index contributed by atoms with van der Waals surface area (Å²) >= 11 is 0. The van der Waals surface area contributed by atoms with Crippen LogP contribution in [0.15, 0.2) is 52.1 Å². The van der Waals surface area contributed by atoms with E-state index in [2.05, 4.69) is 4.98 Å². The first-order chi connectivity index (χ1) is 12.0. The number of hydrogen-bond acceptors (Lipinski definition) is 7. The molecule has 9 heteroatoms. The van der Waals surface area contributed by atoms with Crippen LogP contribution in [0, 0.1) is 10.1 Å². The Morgan fingerprint density at radius 2 is 2.24 bits per heavy atom. The minimum absolute atomic E-state index is 0.000114. The Hall–Kier alpha value is -3.04. The zero-order valence-electron chi connectivity index (χ0n) is 13.1. The number of rotatable bonds is 7. The molecule has 2 heterocycles. The van der Waals surface area contributed by atoms with E-state index in [9.17, 15) is 20.0 Å². The van der Waals surface area contributed by atoms with Gasteiger partial charge in [-0.25, -0.2) is 4.98 Å². The number of ether oxygens (including phenoxy) is 1. The molecule has 0 amide bonds. The minimum atomic E-state index is -0.939. The van der Waals surface area contributed by atoms with Crippen molar-refractivity contribution in [3.8, 4) is 0 Å². The molecule has 2 aromatic heterocycles. The van der Waals surface area contributed by atoms with Crippen molar-refractivity contribution in [1.82, 2.24) is 9.55 Å². The Morgan fingerprint density at radius 1 is 1.40 bits per heavy atom. The molecule has 25 heavy (non-hydrogen) atoms. The Morgan fingerprint density at radius 3 is 2.96 bits per heavy atom. The van der Waals surface area contributed by atoms with Crippen molar-refractivity contribution >= 4 is 16.6 Å². The summed E-state index contributed by atoms with van der Waals surface area (Å²) in [6.07, 6.45) is 1.88. The smallest absolute Gasteiger partial charge is 0.270 e. The largest absolute Gasteiger partial charge is 0.467 e. The summed E-state index contributed by atoms with van der Waals surface area (Å²) in [5, 5.41) is 21.0.